The number of benzene rings is 1. The number of anilines is 1. The topological polar surface area (TPSA) is 69.0 Å². The molecule has 0 fully saturated rings. The van der Waals surface area contributed by atoms with Crippen molar-refractivity contribution >= 4 is 34.5 Å². The molecule has 118 valence electrons. The van der Waals surface area contributed by atoms with Crippen molar-refractivity contribution < 1.29 is 9.53 Å². The second-order valence-electron chi connectivity index (χ2n) is 4.90. The summed E-state index contributed by atoms with van der Waals surface area (Å²) < 4.78 is 7.05. The number of halogens is 1. The van der Waals surface area contributed by atoms with Crippen LogP contribution in [0.4, 0.5) is 5.95 Å². The monoisotopic (exact) mass is 330 g/mol. The minimum absolute atomic E-state index is 0.287. The molecule has 1 aromatic carbocycles. The highest BCUT2D eigenvalue weighted by Gasteiger charge is 2.13. The summed E-state index contributed by atoms with van der Waals surface area (Å²) in [6.45, 7) is 2.40. The number of imidazole rings is 1. The van der Waals surface area contributed by atoms with Crippen LogP contribution in [0, 0.1) is 0 Å². The molecule has 1 amide bonds. The number of rotatable bonds is 4. The van der Waals surface area contributed by atoms with Gasteiger partial charge in [0.2, 0.25) is 11.8 Å². The number of carbonyl (C=O) groups is 1. The van der Waals surface area contributed by atoms with Crippen molar-refractivity contribution in [2.45, 2.75) is 6.92 Å². The Kier molecular flexibility index (Phi) is 4.16. The normalized spacial score (nSPS) is 10.7. The number of nitrogens with one attached hydrogen (secondary N) is 1. The van der Waals surface area contributed by atoms with Gasteiger partial charge in [-0.05, 0) is 31.2 Å². The first kappa shape index (κ1) is 15.3. The number of aromatic nitrogens is 3. The highest BCUT2D eigenvalue weighted by molar-refractivity contribution is 6.31. The lowest BCUT2D eigenvalue weighted by atomic mass is 10.3. The van der Waals surface area contributed by atoms with E-state index in [1.807, 2.05) is 20.0 Å². The maximum absolute atomic E-state index is 12.3. The molecular formula is C16H15ClN4O2. The minimum Gasteiger partial charge on any atom is -0.478 e. The molecule has 0 aliphatic rings. The predicted molar refractivity (Wildman–Crippen MR) is 89.1 cm³/mol. The number of nitrogens with zero attached hydrogens (tertiary/aromatic N) is 3. The molecule has 0 bridgehead atoms. The molecule has 0 spiro atoms. The maximum Gasteiger partial charge on any atom is 0.259 e. The Bertz CT molecular complexity index is 858. The van der Waals surface area contributed by atoms with Gasteiger partial charge in [0.25, 0.3) is 5.91 Å². The third-order valence-corrected chi connectivity index (χ3v) is 3.59. The largest absolute Gasteiger partial charge is 0.478 e. The van der Waals surface area contributed by atoms with Gasteiger partial charge in [-0.1, -0.05) is 11.6 Å². The van der Waals surface area contributed by atoms with E-state index in [2.05, 4.69) is 15.3 Å². The Hall–Kier alpha value is -2.60. The second kappa shape index (κ2) is 6.26. The van der Waals surface area contributed by atoms with Crippen LogP contribution in [0.3, 0.4) is 0 Å². The van der Waals surface area contributed by atoms with Gasteiger partial charge in [-0.3, -0.25) is 10.1 Å². The fourth-order valence-electron chi connectivity index (χ4n) is 2.21. The molecule has 0 aliphatic carbocycles. The molecule has 0 atom stereocenters. The zero-order valence-corrected chi connectivity index (χ0v) is 13.5. The van der Waals surface area contributed by atoms with Crippen LogP contribution in [-0.4, -0.2) is 27.0 Å². The summed E-state index contributed by atoms with van der Waals surface area (Å²) in [7, 11) is 1.83. The van der Waals surface area contributed by atoms with E-state index < -0.39 is 0 Å². The first-order valence-corrected chi connectivity index (χ1v) is 7.48. The number of carbonyl (C=O) groups excluding carboxylic acids is 1. The first-order valence-electron chi connectivity index (χ1n) is 7.10. The molecule has 0 aliphatic heterocycles. The minimum atomic E-state index is -0.287. The van der Waals surface area contributed by atoms with Crippen LogP contribution in [0.15, 0.2) is 36.5 Å². The molecule has 3 rings (SSSR count). The van der Waals surface area contributed by atoms with E-state index in [4.69, 9.17) is 16.3 Å². The molecule has 6 nitrogen and oxygen atoms in total. The van der Waals surface area contributed by atoms with Gasteiger partial charge in [0, 0.05) is 24.3 Å². The van der Waals surface area contributed by atoms with Crippen LogP contribution in [-0.2, 0) is 7.05 Å². The van der Waals surface area contributed by atoms with E-state index in [0.29, 0.717) is 29.0 Å². The van der Waals surface area contributed by atoms with Crippen LogP contribution in [0.2, 0.25) is 5.02 Å². The lowest BCUT2D eigenvalue weighted by Crippen LogP contribution is -2.15. The second-order valence-corrected chi connectivity index (χ2v) is 5.34. The third-order valence-electron chi connectivity index (χ3n) is 3.36. The molecule has 0 saturated heterocycles. The van der Waals surface area contributed by atoms with Crippen molar-refractivity contribution in [3.63, 3.8) is 0 Å². The highest BCUT2D eigenvalue weighted by Crippen LogP contribution is 2.22. The zero-order valence-electron chi connectivity index (χ0n) is 12.7. The Balaban J connectivity index is 1.83. The molecule has 1 N–H and O–H groups in total. The number of hydrogen-bond donors (Lipinski definition) is 1. The number of pyridine rings is 1. The SMILES string of the molecule is CCOc1ccc(C(=O)Nc2nc3cc(Cl)ccc3n2C)cn1. The van der Waals surface area contributed by atoms with E-state index >= 15 is 0 Å². The summed E-state index contributed by atoms with van der Waals surface area (Å²) in [6.07, 6.45) is 1.47. The van der Waals surface area contributed by atoms with Crippen LogP contribution in [0.25, 0.3) is 11.0 Å². The Morgan fingerprint density at radius 3 is 2.87 bits per heavy atom. The number of fused-ring (bicyclic) bond motifs is 1. The Morgan fingerprint density at radius 2 is 2.17 bits per heavy atom. The van der Waals surface area contributed by atoms with Gasteiger partial charge in [-0.2, -0.15) is 0 Å². The van der Waals surface area contributed by atoms with Gasteiger partial charge in [0.15, 0.2) is 0 Å². The fraction of sp³-hybridized carbons (Fsp3) is 0.188. The third kappa shape index (κ3) is 3.12. The van der Waals surface area contributed by atoms with E-state index in [1.54, 1.807) is 28.8 Å². The van der Waals surface area contributed by atoms with Crippen LogP contribution >= 0.6 is 11.6 Å². The molecule has 0 radical (unpaired) electrons. The van der Waals surface area contributed by atoms with Gasteiger partial charge >= 0.3 is 0 Å². The number of ether oxygens (including phenoxy) is 1. The zero-order chi connectivity index (χ0) is 16.4. The predicted octanol–water partition coefficient (Wildman–Crippen LogP) is 3.27. The lowest BCUT2D eigenvalue weighted by Gasteiger charge is -2.06. The van der Waals surface area contributed by atoms with Crippen molar-refractivity contribution in [3.05, 3.63) is 47.1 Å². The standard InChI is InChI=1S/C16H15ClN4O2/c1-3-23-14-7-4-10(9-18-14)15(22)20-16-19-12-8-11(17)5-6-13(12)21(16)2/h4-9H,3H2,1-2H3,(H,19,20,22). The van der Waals surface area contributed by atoms with E-state index in [-0.39, 0.29) is 5.91 Å². The van der Waals surface area contributed by atoms with Crippen molar-refractivity contribution in [1.82, 2.24) is 14.5 Å². The Labute approximate surface area is 138 Å². The molecule has 3 aromatic rings. The number of aryl methyl sites for hydroxylation is 1. The summed E-state index contributed by atoms with van der Waals surface area (Å²) in [4.78, 5) is 20.8. The molecule has 7 heteroatoms. The smallest absolute Gasteiger partial charge is 0.259 e. The number of amides is 1. The molecule has 23 heavy (non-hydrogen) atoms. The average molecular weight is 331 g/mol. The molecule has 2 aromatic heterocycles. The lowest BCUT2D eigenvalue weighted by molar-refractivity contribution is 0.102. The molecule has 0 saturated carbocycles. The van der Waals surface area contributed by atoms with E-state index in [9.17, 15) is 4.79 Å². The summed E-state index contributed by atoms with van der Waals surface area (Å²) in [6, 6.07) is 8.72. The van der Waals surface area contributed by atoms with Crippen molar-refractivity contribution in [2.75, 3.05) is 11.9 Å². The van der Waals surface area contributed by atoms with Crippen LogP contribution in [0.5, 0.6) is 5.88 Å². The number of hydrogen-bond acceptors (Lipinski definition) is 4. The summed E-state index contributed by atoms with van der Waals surface area (Å²) in [5.74, 6) is 0.646. The Morgan fingerprint density at radius 1 is 1.35 bits per heavy atom. The van der Waals surface area contributed by atoms with E-state index in [1.165, 1.54) is 6.20 Å². The summed E-state index contributed by atoms with van der Waals surface area (Å²) in [5, 5.41) is 3.38. The highest BCUT2D eigenvalue weighted by atomic mass is 35.5. The van der Waals surface area contributed by atoms with Crippen molar-refractivity contribution in [3.8, 4) is 5.88 Å². The summed E-state index contributed by atoms with van der Waals surface area (Å²) in [5.41, 5.74) is 2.04. The quantitative estimate of drug-likeness (QED) is 0.797. The van der Waals surface area contributed by atoms with Crippen molar-refractivity contribution in [1.29, 1.82) is 0 Å². The molecular weight excluding hydrogens is 316 g/mol. The average Bonchev–Trinajstić information content (AvgIpc) is 2.83. The van der Waals surface area contributed by atoms with Crippen molar-refractivity contribution in [2.24, 2.45) is 7.05 Å². The van der Waals surface area contributed by atoms with Gasteiger partial charge in [-0.25, -0.2) is 9.97 Å². The molecule has 0 unspecified atom stereocenters. The molecule has 2 heterocycles. The van der Waals surface area contributed by atoms with Gasteiger partial charge in [0.05, 0.1) is 23.2 Å². The van der Waals surface area contributed by atoms with Gasteiger partial charge in [-0.15, -0.1) is 0 Å². The van der Waals surface area contributed by atoms with Crippen LogP contribution < -0.4 is 10.1 Å². The first-order chi connectivity index (χ1) is 11.1. The maximum atomic E-state index is 12.3. The van der Waals surface area contributed by atoms with Gasteiger partial charge in [0.1, 0.15) is 0 Å². The summed E-state index contributed by atoms with van der Waals surface area (Å²) >= 11 is 5.97. The van der Waals surface area contributed by atoms with Gasteiger partial charge < -0.3 is 9.30 Å². The fourth-order valence-corrected chi connectivity index (χ4v) is 2.37. The van der Waals surface area contributed by atoms with Crippen LogP contribution in [0.1, 0.15) is 17.3 Å². The van der Waals surface area contributed by atoms with E-state index in [0.717, 1.165) is 11.0 Å².